The fourth-order valence-electron chi connectivity index (χ4n) is 1.47. The van der Waals surface area contributed by atoms with Gasteiger partial charge in [-0.25, -0.2) is 14.1 Å². The van der Waals surface area contributed by atoms with E-state index in [0.717, 1.165) is 0 Å². The molecular weight excluding hydrogens is 292 g/mol. The van der Waals surface area contributed by atoms with Gasteiger partial charge >= 0.3 is 11.9 Å². The summed E-state index contributed by atoms with van der Waals surface area (Å²) >= 11 is 3.24. The van der Waals surface area contributed by atoms with Crippen LogP contribution in [0.3, 0.4) is 0 Å². The highest BCUT2D eigenvalue weighted by atomic mass is 79.9. The number of nitrogens with zero attached hydrogens (tertiary/aromatic N) is 2. The summed E-state index contributed by atoms with van der Waals surface area (Å²) in [4.78, 5) is 22.6. The van der Waals surface area contributed by atoms with Crippen LogP contribution in [0.2, 0.25) is 0 Å². The number of ether oxygens (including phenoxy) is 1. The van der Waals surface area contributed by atoms with Crippen molar-refractivity contribution in [3.05, 3.63) is 34.1 Å². The third-order valence-electron chi connectivity index (χ3n) is 2.19. The Morgan fingerprint density at radius 2 is 2.24 bits per heavy atom. The number of aromatic nitrogens is 2. The highest BCUT2D eigenvalue weighted by molar-refractivity contribution is 9.10. The molecule has 2 heterocycles. The second-order valence-electron chi connectivity index (χ2n) is 3.20. The van der Waals surface area contributed by atoms with Gasteiger partial charge in [-0.1, -0.05) is 15.9 Å². The molecule has 0 aliphatic heterocycles. The summed E-state index contributed by atoms with van der Waals surface area (Å²) in [7, 11) is 1.19. The largest absolute Gasteiger partial charge is 0.476 e. The van der Waals surface area contributed by atoms with Crippen molar-refractivity contribution in [2.75, 3.05) is 7.11 Å². The van der Waals surface area contributed by atoms with Gasteiger partial charge in [-0.3, -0.25) is 0 Å². The van der Waals surface area contributed by atoms with Crippen LogP contribution < -0.4 is 0 Å². The number of carbonyl (C=O) groups excluding carboxylic acids is 1. The van der Waals surface area contributed by atoms with E-state index in [0.29, 0.717) is 9.99 Å². The molecular formula is C10H7BrN2O4. The van der Waals surface area contributed by atoms with Crippen molar-refractivity contribution < 1.29 is 19.4 Å². The van der Waals surface area contributed by atoms with Crippen LogP contribution in [-0.2, 0) is 4.74 Å². The van der Waals surface area contributed by atoms with E-state index in [4.69, 9.17) is 5.11 Å². The summed E-state index contributed by atoms with van der Waals surface area (Å²) in [6.45, 7) is 0. The molecule has 7 heteroatoms. The molecule has 0 unspecified atom stereocenters. The molecule has 0 aromatic carbocycles. The number of hydrogen-bond donors (Lipinski definition) is 1. The molecule has 0 bridgehead atoms. The smallest absolute Gasteiger partial charge is 0.357 e. The van der Waals surface area contributed by atoms with Crippen molar-refractivity contribution in [1.29, 1.82) is 0 Å². The third kappa shape index (κ3) is 1.89. The lowest BCUT2D eigenvalue weighted by molar-refractivity contribution is 0.0584. The number of carboxylic acid groups (broad SMARTS) is 1. The van der Waals surface area contributed by atoms with Crippen LogP contribution in [0.1, 0.15) is 20.8 Å². The molecule has 2 aromatic heterocycles. The Morgan fingerprint density at radius 3 is 2.82 bits per heavy atom. The number of halogens is 1. The van der Waals surface area contributed by atoms with Crippen molar-refractivity contribution in [2.24, 2.45) is 0 Å². The average Bonchev–Trinajstić information content (AvgIpc) is 2.66. The molecule has 6 nitrogen and oxygen atoms in total. The number of pyridine rings is 1. The molecule has 0 amide bonds. The highest BCUT2D eigenvalue weighted by Gasteiger charge is 2.24. The topological polar surface area (TPSA) is 80.9 Å². The van der Waals surface area contributed by atoms with Crippen molar-refractivity contribution in [3.63, 3.8) is 0 Å². The first-order valence-electron chi connectivity index (χ1n) is 4.54. The SMILES string of the molecule is COC(=O)c1c(C(=O)O)nn2ccc(Br)cc12. The molecule has 0 radical (unpaired) electrons. The molecule has 2 aromatic rings. The van der Waals surface area contributed by atoms with E-state index in [2.05, 4.69) is 25.8 Å². The zero-order valence-electron chi connectivity index (χ0n) is 8.68. The highest BCUT2D eigenvalue weighted by Crippen LogP contribution is 2.20. The van der Waals surface area contributed by atoms with Crippen molar-refractivity contribution in [3.8, 4) is 0 Å². The minimum atomic E-state index is -1.27. The van der Waals surface area contributed by atoms with E-state index in [1.165, 1.54) is 11.6 Å². The third-order valence-corrected chi connectivity index (χ3v) is 2.68. The van der Waals surface area contributed by atoms with Crippen LogP contribution >= 0.6 is 15.9 Å². The van der Waals surface area contributed by atoms with Gasteiger partial charge in [-0.15, -0.1) is 0 Å². The fourth-order valence-corrected chi connectivity index (χ4v) is 1.81. The lowest BCUT2D eigenvalue weighted by Crippen LogP contribution is -2.08. The molecule has 88 valence electrons. The predicted octanol–water partition coefficient (Wildman–Crippen LogP) is 1.58. The molecule has 0 spiro atoms. The zero-order chi connectivity index (χ0) is 12.6. The molecule has 2 rings (SSSR count). The van der Waals surface area contributed by atoms with Crippen molar-refractivity contribution in [2.45, 2.75) is 0 Å². The number of carboxylic acids is 1. The number of esters is 1. The summed E-state index contributed by atoms with van der Waals surface area (Å²) in [5.74, 6) is -2.00. The van der Waals surface area contributed by atoms with Crippen LogP contribution in [-0.4, -0.2) is 33.8 Å². The van der Waals surface area contributed by atoms with Gasteiger partial charge in [-0.2, -0.15) is 5.10 Å². The van der Waals surface area contributed by atoms with Crippen LogP contribution in [0, 0.1) is 0 Å². The lowest BCUT2D eigenvalue weighted by atomic mass is 10.2. The van der Waals surface area contributed by atoms with E-state index in [1.54, 1.807) is 18.3 Å². The number of aromatic carboxylic acids is 1. The first kappa shape index (κ1) is 11.6. The van der Waals surface area contributed by atoms with Gasteiger partial charge in [0.2, 0.25) is 0 Å². The number of methoxy groups -OCH3 is 1. The summed E-state index contributed by atoms with van der Waals surface area (Å²) in [5, 5.41) is 12.8. The monoisotopic (exact) mass is 298 g/mol. The second-order valence-corrected chi connectivity index (χ2v) is 4.11. The van der Waals surface area contributed by atoms with E-state index in [1.807, 2.05) is 0 Å². The summed E-state index contributed by atoms with van der Waals surface area (Å²) in [6, 6.07) is 3.29. The Balaban J connectivity index is 2.82. The second kappa shape index (κ2) is 4.17. The van der Waals surface area contributed by atoms with E-state index < -0.39 is 11.9 Å². The quantitative estimate of drug-likeness (QED) is 0.852. The Kier molecular flexibility index (Phi) is 2.84. The minimum absolute atomic E-state index is 0.0544. The van der Waals surface area contributed by atoms with E-state index in [9.17, 15) is 9.59 Å². The number of rotatable bonds is 2. The Bertz CT molecular complexity index is 620. The summed E-state index contributed by atoms with van der Waals surface area (Å²) < 4.78 is 6.60. The normalized spacial score (nSPS) is 10.5. The first-order chi connectivity index (χ1) is 8.04. The van der Waals surface area contributed by atoms with Gasteiger partial charge < -0.3 is 9.84 Å². The average molecular weight is 299 g/mol. The van der Waals surface area contributed by atoms with Gasteiger partial charge in [0.1, 0.15) is 5.56 Å². The van der Waals surface area contributed by atoms with Gasteiger partial charge in [0, 0.05) is 10.7 Å². The molecule has 0 fully saturated rings. The Morgan fingerprint density at radius 1 is 1.53 bits per heavy atom. The molecule has 0 aliphatic carbocycles. The van der Waals surface area contributed by atoms with Crippen LogP contribution in [0.5, 0.6) is 0 Å². The van der Waals surface area contributed by atoms with Crippen LogP contribution in [0.25, 0.3) is 5.52 Å². The number of hydrogen-bond acceptors (Lipinski definition) is 4. The van der Waals surface area contributed by atoms with E-state index in [-0.39, 0.29) is 11.3 Å². The molecule has 17 heavy (non-hydrogen) atoms. The zero-order valence-corrected chi connectivity index (χ0v) is 10.3. The van der Waals surface area contributed by atoms with Crippen LogP contribution in [0.15, 0.2) is 22.8 Å². The minimum Gasteiger partial charge on any atom is -0.476 e. The number of fused-ring (bicyclic) bond motifs is 1. The molecule has 0 aliphatic rings. The fraction of sp³-hybridized carbons (Fsp3) is 0.100. The summed E-state index contributed by atoms with van der Waals surface area (Å²) in [5.41, 5.74) is -0.000116. The summed E-state index contributed by atoms with van der Waals surface area (Å²) in [6.07, 6.45) is 1.55. The van der Waals surface area contributed by atoms with Crippen molar-refractivity contribution >= 4 is 33.4 Å². The van der Waals surface area contributed by atoms with Gasteiger partial charge in [0.15, 0.2) is 5.69 Å². The number of carbonyl (C=O) groups is 2. The Hall–Kier alpha value is -1.89. The van der Waals surface area contributed by atoms with Gasteiger partial charge in [0.25, 0.3) is 0 Å². The molecule has 1 N–H and O–H groups in total. The molecule has 0 atom stereocenters. The maximum absolute atomic E-state index is 11.6. The van der Waals surface area contributed by atoms with Gasteiger partial charge in [0.05, 0.1) is 12.6 Å². The molecule has 0 saturated heterocycles. The van der Waals surface area contributed by atoms with Crippen LogP contribution in [0.4, 0.5) is 0 Å². The lowest BCUT2D eigenvalue weighted by Gasteiger charge is -1.98. The maximum Gasteiger partial charge on any atom is 0.357 e. The Labute approximate surface area is 104 Å². The molecule has 0 saturated carbocycles. The van der Waals surface area contributed by atoms with E-state index >= 15 is 0 Å². The van der Waals surface area contributed by atoms with Gasteiger partial charge in [-0.05, 0) is 12.1 Å². The standard InChI is InChI=1S/C10H7BrN2O4/c1-17-10(16)7-6-4-5(11)2-3-13(6)12-8(7)9(14)15/h2-4H,1H3,(H,14,15). The predicted molar refractivity (Wildman–Crippen MR) is 61.2 cm³/mol. The first-order valence-corrected chi connectivity index (χ1v) is 5.33. The van der Waals surface area contributed by atoms with Crippen molar-refractivity contribution in [1.82, 2.24) is 9.61 Å². The maximum atomic E-state index is 11.6.